The molecule has 4 nitrogen and oxygen atoms in total. The van der Waals surface area contributed by atoms with Crippen molar-refractivity contribution in [1.29, 1.82) is 0 Å². The normalized spacial score (nSPS) is 11.8. The van der Waals surface area contributed by atoms with Crippen molar-refractivity contribution in [3.8, 4) is 0 Å². The predicted octanol–water partition coefficient (Wildman–Crippen LogP) is 2.84. The summed E-state index contributed by atoms with van der Waals surface area (Å²) < 4.78 is 0. The second-order valence-electron chi connectivity index (χ2n) is 4.98. The van der Waals surface area contributed by atoms with Crippen LogP contribution in [0.1, 0.15) is 31.8 Å². The molecule has 0 unspecified atom stereocenters. The van der Waals surface area contributed by atoms with Crippen LogP contribution in [0.3, 0.4) is 0 Å². The second kappa shape index (κ2) is 6.23. The number of rotatable bonds is 0. The molecule has 23 heavy (non-hydrogen) atoms. The molecule has 0 spiro atoms. The van der Waals surface area contributed by atoms with Crippen LogP contribution in [-0.4, -0.2) is 16.6 Å². The largest absolute Gasteiger partial charge is 0.329 e. The van der Waals surface area contributed by atoms with Crippen LogP contribution >= 0.6 is 0 Å². The van der Waals surface area contributed by atoms with Crippen molar-refractivity contribution in [3.05, 3.63) is 106 Å². The molecular weight excluding hydrogens is 290 g/mol. The zero-order valence-corrected chi connectivity index (χ0v) is 12.2. The molecule has 2 aromatic carbocycles. The van der Waals surface area contributed by atoms with E-state index in [1.54, 1.807) is 66.9 Å². The van der Waals surface area contributed by atoms with E-state index in [4.69, 9.17) is 0 Å². The van der Waals surface area contributed by atoms with Crippen molar-refractivity contribution < 1.29 is 9.59 Å². The summed E-state index contributed by atoms with van der Waals surface area (Å²) in [5, 5.41) is 0. The van der Waals surface area contributed by atoms with Crippen molar-refractivity contribution in [3.63, 3.8) is 0 Å². The Hall–Kier alpha value is -3.27. The summed E-state index contributed by atoms with van der Waals surface area (Å²) in [4.78, 5) is 36.9. The van der Waals surface area contributed by atoms with Gasteiger partial charge >= 0.3 is 0 Å². The molecule has 0 saturated heterocycles. The molecule has 0 aliphatic heterocycles. The van der Waals surface area contributed by atoms with Gasteiger partial charge in [-0.05, 0) is 6.07 Å². The molecule has 0 fully saturated rings. The van der Waals surface area contributed by atoms with E-state index in [2.05, 4.69) is 4.98 Å². The minimum Gasteiger partial charge on any atom is -0.329 e. The molecule has 0 radical (unpaired) electrons. The third-order valence-corrected chi connectivity index (χ3v) is 3.51. The summed E-state index contributed by atoms with van der Waals surface area (Å²) in [6.45, 7) is 0. The molecular formula is C19H13NO3. The van der Waals surface area contributed by atoms with E-state index < -0.39 is 0 Å². The molecule has 0 bridgehead atoms. The smallest absolute Gasteiger partial charge is 0.247 e. The molecule has 1 aliphatic carbocycles. The lowest BCUT2D eigenvalue weighted by Gasteiger charge is -2.16. The Balaban J connectivity index is 0.000000188. The first kappa shape index (κ1) is 14.7. The van der Waals surface area contributed by atoms with Crippen molar-refractivity contribution >= 4 is 11.6 Å². The van der Waals surface area contributed by atoms with E-state index >= 15 is 0 Å². The highest BCUT2D eigenvalue weighted by atomic mass is 16.1. The highest BCUT2D eigenvalue weighted by Crippen LogP contribution is 2.26. The van der Waals surface area contributed by atoms with Crippen molar-refractivity contribution in [2.45, 2.75) is 0 Å². The number of carbonyl (C=O) groups excluding carboxylic acids is 2. The summed E-state index contributed by atoms with van der Waals surface area (Å²) in [5.74, 6) is -0.128. The number of aromatic nitrogens is 1. The number of hydrogen-bond acceptors (Lipinski definition) is 3. The van der Waals surface area contributed by atoms with Crippen LogP contribution in [0.2, 0.25) is 0 Å². The monoisotopic (exact) mass is 303 g/mol. The van der Waals surface area contributed by atoms with Gasteiger partial charge in [-0.2, -0.15) is 0 Å². The summed E-state index contributed by atoms with van der Waals surface area (Å²) in [7, 11) is 0. The maximum Gasteiger partial charge on any atom is 0.247 e. The fourth-order valence-electron chi connectivity index (χ4n) is 2.43. The van der Waals surface area contributed by atoms with Gasteiger partial charge in [0.25, 0.3) is 0 Å². The average Bonchev–Trinajstić information content (AvgIpc) is 2.61. The SMILES string of the molecule is O=C1c2ccccc2C(=O)c2ccccc21.O=c1cccc[nH]1. The standard InChI is InChI=1S/C14H8O2.C5H5NO/c15-13-9-5-1-2-6-10(9)14(16)12-8-4-3-7-11(12)13;7-5-3-1-2-4-6-5/h1-8H;1-4H,(H,6,7). The second-order valence-corrected chi connectivity index (χ2v) is 4.98. The number of ketones is 2. The average molecular weight is 303 g/mol. The molecule has 0 amide bonds. The van der Waals surface area contributed by atoms with Gasteiger partial charge in [0, 0.05) is 34.5 Å². The Kier molecular flexibility index (Phi) is 3.97. The van der Waals surface area contributed by atoms with Gasteiger partial charge in [0.1, 0.15) is 0 Å². The maximum absolute atomic E-state index is 12.1. The fourth-order valence-corrected chi connectivity index (χ4v) is 2.43. The number of H-pyrrole nitrogens is 1. The van der Waals surface area contributed by atoms with E-state index in [9.17, 15) is 14.4 Å². The van der Waals surface area contributed by atoms with Gasteiger partial charge in [-0.1, -0.05) is 54.6 Å². The molecule has 3 aromatic rings. The van der Waals surface area contributed by atoms with Crippen LogP contribution in [-0.2, 0) is 0 Å². The van der Waals surface area contributed by atoms with Gasteiger partial charge < -0.3 is 4.98 Å². The maximum atomic E-state index is 12.1. The quantitative estimate of drug-likeness (QED) is 0.543. The lowest BCUT2D eigenvalue weighted by molar-refractivity contribution is 0.0979. The number of nitrogens with one attached hydrogen (secondary N) is 1. The molecule has 1 N–H and O–H groups in total. The predicted molar refractivity (Wildman–Crippen MR) is 86.8 cm³/mol. The summed E-state index contributed by atoms with van der Waals surface area (Å²) in [6.07, 6.45) is 1.60. The van der Waals surface area contributed by atoms with Gasteiger partial charge in [0.05, 0.1) is 0 Å². The van der Waals surface area contributed by atoms with Crippen molar-refractivity contribution in [1.82, 2.24) is 4.98 Å². The Morgan fingerprint density at radius 3 is 1.17 bits per heavy atom. The molecule has 112 valence electrons. The molecule has 1 aromatic heterocycles. The van der Waals surface area contributed by atoms with E-state index in [0.29, 0.717) is 22.3 Å². The van der Waals surface area contributed by atoms with Crippen LogP contribution in [0.25, 0.3) is 0 Å². The molecule has 1 heterocycles. The van der Waals surface area contributed by atoms with Crippen LogP contribution in [0.15, 0.2) is 77.7 Å². The minimum absolute atomic E-state index is 0.0532. The topological polar surface area (TPSA) is 67.0 Å². The van der Waals surface area contributed by atoms with Crippen LogP contribution in [0.4, 0.5) is 0 Å². The number of benzene rings is 2. The zero-order chi connectivity index (χ0) is 16.2. The van der Waals surface area contributed by atoms with Gasteiger partial charge in [0.15, 0.2) is 11.6 Å². The van der Waals surface area contributed by atoms with E-state index in [1.165, 1.54) is 6.07 Å². The van der Waals surface area contributed by atoms with Crippen LogP contribution in [0, 0.1) is 0 Å². The fraction of sp³-hybridized carbons (Fsp3) is 0. The minimum atomic E-state index is -0.0641. The first-order valence-electron chi connectivity index (χ1n) is 7.09. The highest BCUT2D eigenvalue weighted by molar-refractivity contribution is 6.28. The Bertz CT molecular complexity index is 818. The lowest BCUT2D eigenvalue weighted by Crippen LogP contribution is -2.20. The summed E-state index contributed by atoms with van der Waals surface area (Å²) >= 11 is 0. The third-order valence-electron chi connectivity index (χ3n) is 3.51. The molecule has 4 heteroatoms. The first-order valence-corrected chi connectivity index (χ1v) is 7.09. The van der Waals surface area contributed by atoms with Crippen molar-refractivity contribution in [2.24, 2.45) is 0 Å². The van der Waals surface area contributed by atoms with Gasteiger partial charge in [-0.25, -0.2) is 0 Å². The van der Waals surface area contributed by atoms with Gasteiger partial charge in [-0.15, -0.1) is 0 Å². The first-order chi connectivity index (χ1) is 11.2. The Morgan fingerprint density at radius 2 is 0.913 bits per heavy atom. The number of fused-ring (bicyclic) bond motifs is 2. The highest BCUT2D eigenvalue weighted by Gasteiger charge is 2.28. The molecule has 0 saturated carbocycles. The number of pyridine rings is 1. The zero-order valence-electron chi connectivity index (χ0n) is 12.2. The summed E-state index contributed by atoms with van der Waals surface area (Å²) in [6, 6.07) is 18.8. The molecule has 0 atom stereocenters. The third kappa shape index (κ3) is 2.87. The van der Waals surface area contributed by atoms with Gasteiger partial charge in [-0.3, -0.25) is 14.4 Å². The van der Waals surface area contributed by atoms with E-state index in [0.717, 1.165) is 0 Å². The number of carbonyl (C=O) groups is 2. The number of hydrogen-bond donors (Lipinski definition) is 1. The molecule has 1 aliphatic rings. The Morgan fingerprint density at radius 1 is 0.522 bits per heavy atom. The summed E-state index contributed by atoms with van der Waals surface area (Å²) in [5.41, 5.74) is 1.97. The van der Waals surface area contributed by atoms with Gasteiger partial charge in [0.2, 0.25) is 5.56 Å². The van der Waals surface area contributed by atoms with E-state index in [-0.39, 0.29) is 17.1 Å². The molecule has 4 rings (SSSR count). The van der Waals surface area contributed by atoms with Crippen molar-refractivity contribution in [2.75, 3.05) is 0 Å². The van der Waals surface area contributed by atoms with Crippen LogP contribution < -0.4 is 5.56 Å². The number of aromatic amines is 1. The van der Waals surface area contributed by atoms with Crippen LogP contribution in [0.5, 0.6) is 0 Å². The Labute approximate surface area is 132 Å². The lowest BCUT2D eigenvalue weighted by atomic mass is 9.84. The van der Waals surface area contributed by atoms with E-state index in [1.807, 2.05) is 0 Å².